The van der Waals surface area contributed by atoms with Crippen LogP contribution in [-0.4, -0.2) is 94.8 Å². The molecule has 2 aliphatic heterocycles. The zero-order valence-corrected chi connectivity index (χ0v) is 21.7. The van der Waals surface area contributed by atoms with Crippen LogP contribution in [0.15, 0.2) is 30.3 Å². The molecule has 2 amide bonds. The topological polar surface area (TPSA) is 126 Å². The van der Waals surface area contributed by atoms with Crippen molar-refractivity contribution in [3.63, 3.8) is 0 Å². The highest BCUT2D eigenvalue weighted by atomic mass is 19.3. The molecular weight excluding hydrogens is 504 g/mol. The molecule has 9 nitrogen and oxygen atoms in total. The Balaban J connectivity index is 1.60. The minimum absolute atomic E-state index is 0.0551. The fourth-order valence-corrected chi connectivity index (χ4v) is 5.17. The number of nitrogens with zero attached hydrogens (tertiary/aromatic N) is 3. The van der Waals surface area contributed by atoms with Gasteiger partial charge in [0.15, 0.2) is 12.3 Å². The lowest BCUT2D eigenvalue weighted by molar-refractivity contribution is -0.139. The van der Waals surface area contributed by atoms with E-state index in [2.05, 4.69) is 5.32 Å². The quantitative estimate of drug-likeness (QED) is 0.411. The van der Waals surface area contributed by atoms with Crippen LogP contribution in [0.3, 0.4) is 0 Å². The number of alkyl carbamates (subject to hydrolysis) is 1. The van der Waals surface area contributed by atoms with Gasteiger partial charge < -0.3 is 25.0 Å². The number of likely N-dealkylation sites (tertiary alicyclic amines) is 2. The van der Waals surface area contributed by atoms with Gasteiger partial charge in [-0.05, 0) is 39.2 Å². The maximum absolute atomic E-state index is 14.8. The van der Waals surface area contributed by atoms with Crippen LogP contribution in [0.4, 0.5) is 18.0 Å². The van der Waals surface area contributed by atoms with Crippen LogP contribution < -0.4 is 5.32 Å². The van der Waals surface area contributed by atoms with Gasteiger partial charge in [0, 0.05) is 18.5 Å². The summed E-state index contributed by atoms with van der Waals surface area (Å²) in [6.45, 7) is 3.73. The first-order chi connectivity index (χ1) is 17.7. The van der Waals surface area contributed by atoms with Gasteiger partial charge in [0.1, 0.15) is 5.41 Å². The van der Waals surface area contributed by atoms with Crippen molar-refractivity contribution in [3.05, 3.63) is 35.9 Å². The Morgan fingerprint density at radius 3 is 2.47 bits per heavy atom. The highest BCUT2D eigenvalue weighted by Crippen LogP contribution is 2.39. The zero-order valence-electron chi connectivity index (χ0n) is 21.7. The van der Waals surface area contributed by atoms with E-state index in [1.165, 1.54) is 6.92 Å². The highest BCUT2D eigenvalue weighted by Gasteiger charge is 2.50. The molecule has 0 aromatic heterocycles. The van der Waals surface area contributed by atoms with E-state index in [-0.39, 0.29) is 32.4 Å². The van der Waals surface area contributed by atoms with Gasteiger partial charge >= 0.3 is 13.2 Å². The lowest BCUT2D eigenvalue weighted by Gasteiger charge is -2.40. The molecule has 208 valence electrons. The standard InChI is InChI=1S/C25H34BF3N4O5/c1-23(2,33-10-9-25(28,29)16-33)14-24(3,15-30)21(34)32-12-18(27)19(13-32)38-22(35)31-20(26(36)37)11-17-7-5-4-6-8-17/h4-8,18-20,36-37H,9-14,16H2,1-3H3,(H,31,35)/t18-,19+,20-,24?/m0/s1. The van der Waals surface area contributed by atoms with Crippen LogP contribution in [-0.2, 0) is 16.0 Å². The van der Waals surface area contributed by atoms with E-state index >= 15 is 0 Å². The second-order valence-electron chi connectivity index (χ2n) is 11.0. The van der Waals surface area contributed by atoms with Crippen LogP contribution in [0.5, 0.6) is 0 Å². The molecule has 1 aromatic rings. The third-order valence-corrected chi connectivity index (χ3v) is 7.24. The number of benzene rings is 1. The van der Waals surface area contributed by atoms with E-state index in [4.69, 9.17) is 4.74 Å². The molecule has 0 aliphatic carbocycles. The lowest BCUT2D eigenvalue weighted by Crippen LogP contribution is -2.51. The van der Waals surface area contributed by atoms with E-state index in [1.807, 2.05) is 6.07 Å². The first-order valence-electron chi connectivity index (χ1n) is 12.5. The van der Waals surface area contributed by atoms with E-state index in [0.29, 0.717) is 0 Å². The molecule has 1 unspecified atom stereocenters. The number of hydrogen-bond acceptors (Lipinski definition) is 7. The van der Waals surface area contributed by atoms with Crippen LogP contribution in [0.1, 0.15) is 39.2 Å². The Morgan fingerprint density at radius 2 is 1.92 bits per heavy atom. The van der Waals surface area contributed by atoms with Gasteiger partial charge in [-0.2, -0.15) is 5.26 Å². The van der Waals surface area contributed by atoms with Crippen molar-refractivity contribution in [2.24, 2.45) is 5.41 Å². The number of rotatable bonds is 9. The molecule has 2 fully saturated rings. The van der Waals surface area contributed by atoms with Crippen molar-refractivity contribution in [3.8, 4) is 6.07 Å². The lowest BCUT2D eigenvalue weighted by atomic mass is 9.76. The molecular formula is C25H34BF3N4O5. The number of nitriles is 1. The Kier molecular flexibility index (Phi) is 9.01. The number of halogens is 3. The molecule has 4 atom stereocenters. The minimum Gasteiger partial charge on any atom is -0.441 e. The number of hydrogen-bond donors (Lipinski definition) is 3. The summed E-state index contributed by atoms with van der Waals surface area (Å²) in [4.78, 5) is 28.4. The van der Waals surface area contributed by atoms with Crippen LogP contribution in [0.2, 0.25) is 0 Å². The van der Waals surface area contributed by atoms with Crippen LogP contribution in [0.25, 0.3) is 0 Å². The molecule has 1 aromatic carbocycles. The normalized spacial score (nSPS) is 23.8. The van der Waals surface area contributed by atoms with E-state index in [1.54, 1.807) is 49.1 Å². The van der Waals surface area contributed by atoms with Crippen molar-refractivity contribution in [2.45, 2.75) is 69.7 Å². The van der Waals surface area contributed by atoms with Gasteiger partial charge in [-0.25, -0.2) is 18.0 Å². The summed E-state index contributed by atoms with van der Waals surface area (Å²) < 4.78 is 47.5. The van der Waals surface area contributed by atoms with Crippen LogP contribution >= 0.6 is 0 Å². The maximum Gasteiger partial charge on any atom is 0.475 e. The number of carbonyl (C=O) groups is 2. The van der Waals surface area contributed by atoms with Gasteiger partial charge in [0.2, 0.25) is 5.91 Å². The molecule has 0 radical (unpaired) electrons. The predicted molar refractivity (Wildman–Crippen MR) is 133 cm³/mol. The van der Waals surface area contributed by atoms with E-state index in [0.717, 1.165) is 10.5 Å². The largest absolute Gasteiger partial charge is 0.475 e. The third-order valence-electron chi connectivity index (χ3n) is 7.24. The molecule has 3 rings (SSSR count). The average molecular weight is 538 g/mol. The first kappa shape index (κ1) is 29.7. The van der Waals surface area contributed by atoms with Gasteiger partial charge in [-0.15, -0.1) is 0 Å². The number of amides is 2. The van der Waals surface area contributed by atoms with E-state index < -0.39 is 67.3 Å². The van der Waals surface area contributed by atoms with Crippen molar-refractivity contribution in [1.29, 1.82) is 5.26 Å². The maximum atomic E-state index is 14.8. The summed E-state index contributed by atoms with van der Waals surface area (Å²) in [5.41, 5.74) is -1.80. The van der Waals surface area contributed by atoms with Crippen molar-refractivity contribution >= 4 is 19.1 Å². The molecule has 3 N–H and O–H groups in total. The minimum atomic E-state index is -2.84. The second-order valence-corrected chi connectivity index (χ2v) is 11.0. The van der Waals surface area contributed by atoms with E-state index in [9.17, 15) is 38.1 Å². The second kappa shape index (κ2) is 11.5. The van der Waals surface area contributed by atoms with Crippen molar-refractivity contribution in [2.75, 3.05) is 26.2 Å². The molecule has 2 saturated heterocycles. The summed E-state index contributed by atoms with van der Waals surface area (Å²) in [5.74, 6) is -4.64. The predicted octanol–water partition coefficient (Wildman–Crippen LogP) is 1.92. The Hall–Kier alpha value is -2.82. The molecule has 0 saturated carbocycles. The van der Waals surface area contributed by atoms with Gasteiger partial charge in [0.05, 0.1) is 31.6 Å². The average Bonchev–Trinajstić information content (AvgIpc) is 3.40. The first-order valence-corrected chi connectivity index (χ1v) is 12.5. The zero-order chi connectivity index (χ0) is 28.3. The number of carbonyl (C=O) groups excluding carboxylic acids is 2. The third kappa shape index (κ3) is 7.18. The van der Waals surface area contributed by atoms with Gasteiger partial charge in [-0.1, -0.05) is 30.3 Å². The molecule has 13 heteroatoms. The van der Waals surface area contributed by atoms with Crippen molar-refractivity contribution in [1.82, 2.24) is 15.1 Å². The molecule has 0 spiro atoms. The van der Waals surface area contributed by atoms with Gasteiger partial charge in [-0.3, -0.25) is 9.69 Å². The number of nitrogens with one attached hydrogen (secondary N) is 1. The molecule has 2 aliphatic rings. The monoisotopic (exact) mass is 538 g/mol. The Bertz CT molecular complexity index is 1040. The molecule has 0 bridgehead atoms. The van der Waals surface area contributed by atoms with Gasteiger partial charge in [0.25, 0.3) is 5.92 Å². The number of ether oxygens (including phenoxy) is 1. The van der Waals surface area contributed by atoms with Crippen molar-refractivity contribution < 1.29 is 37.5 Å². The smallest absolute Gasteiger partial charge is 0.441 e. The Morgan fingerprint density at radius 1 is 1.26 bits per heavy atom. The summed E-state index contributed by atoms with van der Waals surface area (Å²) in [5, 5.41) is 31.5. The highest BCUT2D eigenvalue weighted by molar-refractivity contribution is 6.43. The summed E-state index contributed by atoms with van der Waals surface area (Å²) in [7, 11) is -1.90. The Labute approximate surface area is 220 Å². The SMILES string of the molecule is CC(C#N)(CC(C)(C)N1CCC(F)(F)C1)C(=O)N1C[C@H](F)[C@H](OC(=O)N[C@@H](Cc2ccccc2)B(O)O)C1. The number of alkyl halides is 3. The summed E-state index contributed by atoms with van der Waals surface area (Å²) in [6, 6.07) is 10.8. The molecule has 2 heterocycles. The summed E-state index contributed by atoms with van der Waals surface area (Å²) >= 11 is 0. The molecule has 38 heavy (non-hydrogen) atoms. The van der Waals surface area contributed by atoms with Crippen LogP contribution in [0, 0.1) is 16.7 Å². The fourth-order valence-electron chi connectivity index (χ4n) is 5.17. The summed E-state index contributed by atoms with van der Waals surface area (Å²) in [6.07, 6.45) is -4.42. The fraction of sp³-hybridized carbons (Fsp3) is 0.640.